The summed E-state index contributed by atoms with van der Waals surface area (Å²) in [5.41, 5.74) is 3.76. The molecule has 1 saturated carbocycles. The van der Waals surface area contributed by atoms with E-state index in [1.807, 2.05) is 18.2 Å². The average Bonchev–Trinajstić information content (AvgIpc) is 2.87. The van der Waals surface area contributed by atoms with Crippen LogP contribution in [0.4, 0.5) is 4.79 Å². The molecule has 3 heteroatoms. The van der Waals surface area contributed by atoms with Crippen molar-refractivity contribution in [2.45, 2.75) is 90.5 Å². The highest BCUT2D eigenvalue weighted by Gasteiger charge is 2.44. The van der Waals surface area contributed by atoms with Gasteiger partial charge in [-0.2, -0.15) is 0 Å². The zero-order valence-corrected chi connectivity index (χ0v) is 23.7. The lowest BCUT2D eigenvalue weighted by molar-refractivity contribution is 0.0768. The minimum absolute atomic E-state index is 0.0139. The van der Waals surface area contributed by atoms with Crippen LogP contribution in [0.25, 0.3) is 0 Å². The van der Waals surface area contributed by atoms with Crippen LogP contribution in [0.3, 0.4) is 0 Å². The van der Waals surface area contributed by atoms with Crippen LogP contribution >= 0.6 is 0 Å². The molecule has 1 aliphatic carbocycles. The highest BCUT2D eigenvalue weighted by Crippen LogP contribution is 2.44. The summed E-state index contributed by atoms with van der Waals surface area (Å²) < 4.78 is 6.14. The van der Waals surface area contributed by atoms with E-state index < -0.39 is 0 Å². The van der Waals surface area contributed by atoms with Crippen molar-refractivity contribution < 1.29 is 9.53 Å². The quantitative estimate of drug-likeness (QED) is 0.369. The molecule has 0 aromatic heterocycles. The maximum atomic E-state index is 13.4. The molecule has 4 rings (SSSR count). The van der Waals surface area contributed by atoms with Gasteiger partial charge in [-0.1, -0.05) is 127 Å². The molecular formula is C34H43NO2. The van der Waals surface area contributed by atoms with Crippen LogP contribution in [0.5, 0.6) is 5.75 Å². The first-order valence-corrected chi connectivity index (χ1v) is 13.6. The topological polar surface area (TPSA) is 38.3 Å². The predicted molar refractivity (Wildman–Crippen MR) is 153 cm³/mol. The molecule has 1 N–H and O–H groups in total. The molecule has 196 valence electrons. The summed E-state index contributed by atoms with van der Waals surface area (Å²) in [6.45, 7) is 15.5. The van der Waals surface area contributed by atoms with Crippen LogP contribution in [-0.2, 0) is 10.8 Å². The van der Waals surface area contributed by atoms with Gasteiger partial charge < -0.3 is 10.1 Å². The first-order valence-electron chi connectivity index (χ1n) is 13.6. The Bertz CT molecular complexity index is 1230. The van der Waals surface area contributed by atoms with Gasteiger partial charge in [0.15, 0.2) is 0 Å². The van der Waals surface area contributed by atoms with Gasteiger partial charge in [0.25, 0.3) is 0 Å². The van der Waals surface area contributed by atoms with E-state index in [1.165, 1.54) is 23.1 Å². The lowest BCUT2D eigenvalue weighted by Crippen LogP contribution is -2.58. The third kappa shape index (κ3) is 5.32. The molecule has 0 spiro atoms. The number of rotatable bonds is 6. The van der Waals surface area contributed by atoms with Crippen molar-refractivity contribution in [1.82, 2.24) is 5.32 Å². The van der Waals surface area contributed by atoms with E-state index in [4.69, 9.17) is 4.74 Å². The van der Waals surface area contributed by atoms with Crippen molar-refractivity contribution in [2.75, 3.05) is 0 Å². The minimum Gasteiger partial charge on any atom is -0.410 e. The molecule has 0 aliphatic heterocycles. The van der Waals surface area contributed by atoms with E-state index in [0.29, 0.717) is 5.75 Å². The zero-order valence-electron chi connectivity index (χ0n) is 23.7. The average molecular weight is 498 g/mol. The molecule has 0 bridgehead atoms. The molecule has 0 saturated heterocycles. The Kier molecular flexibility index (Phi) is 7.29. The Morgan fingerprint density at radius 1 is 0.730 bits per heavy atom. The fourth-order valence-corrected chi connectivity index (χ4v) is 5.77. The summed E-state index contributed by atoms with van der Waals surface area (Å²) >= 11 is 0. The molecule has 3 nitrogen and oxygen atoms in total. The van der Waals surface area contributed by atoms with E-state index in [1.54, 1.807) is 0 Å². The molecule has 1 atom stereocenters. The second-order valence-electron chi connectivity index (χ2n) is 12.6. The molecule has 1 fully saturated rings. The molecule has 3 aromatic rings. The molecule has 1 aliphatic rings. The van der Waals surface area contributed by atoms with Crippen molar-refractivity contribution in [3.8, 4) is 5.75 Å². The van der Waals surface area contributed by atoms with Crippen LogP contribution in [0.1, 0.15) is 96.4 Å². The monoisotopic (exact) mass is 497 g/mol. The number of carbonyl (C=O) groups is 1. The van der Waals surface area contributed by atoms with Gasteiger partial charge in [0.05, 0.1) is 0 Å². The Hall–Kier alpha value is -3.07. The fraction of sp³-hybridized carbons (Fsp3) is 0.441. The third-order valence-electron chi connectivity index (χ3n) is 9.17. The lowest BCUT2D eigenvalue weighted by atomic mass is 9.64. The molecule has 1 amide bonds. The van der Waals surface area contributed by atoms with Crippen molar-refractivity contribution in [3.63, 3.8) is 0 Å². The second-order valence-corrected chi connectivity index (χ2v) is 12.6. The molecule has 0 heterocycles. The summed E-state index contributed by atoms with van der Waals surface area (Å²) in [4.78, 5) is 13.4. The van der Waals surface area contributed by atoms with Gasteiger partial charge in [-0.3, -0.25) is 0 Å². The number of hydrogen-bond acceptors (Lipinski definition) is 2. The van der Waals surface area contributed by atoms with Crippen LogP contribution in [0.2, 0.25) is 0 Å². The summed E-state index contributed by atoms with van der Waals surface area (Å²) in [5.74, 6) is 0.608. The van der Waals surface area contributed by atoms with Crippen LogP contribution in [0, 0.1) is 5.41 Å². The molecule has 37 heavy (non-hydrogen) atoms. The van der Waals surface area contributed by atoms with Crippen molar-refractivity contribution in [1.29, 1.82) is 0 Å². The van der Waals surface area contributed by atoms with Gasteiger partial charge in [0.2, 0.25) is 0 Å². The molecule has 3 aromatic carbocycles. The van der Waals surface area contributed by atoms with E-state index >= 15 is 0 Å². The SMILES string of the molecule is CC(C)(c1ccccc1)c1ccc(OC(=O)NC2(C)CCCCC2(C)C)c(C(C)(C)c2ccccc2)c1. The molecule has 0 radical (unpaired) electrons. The van der Waals surface area contributed by atoms with Crippen LogP contribution < -0.4 is 10.1 Å². The first-order chi connectivity index (χ1) is 17.4. The molecule has 1 unspecified atom stereocenters. The Morgan fingerprint density at radius 2 is 1.27 bits per heavy atom. The van der Waals surface area contributed by atoms with Gasteiger partial charge in [0.1, 0.15) is 5.75 Å². The van der Waals surface area contributed by atoms with Gasteiger partial charge in [-0.05, 0) is 47.9 Å². The highest BCUT2D eigenvalue weighted by atomic mass is 16.6. The van der Waals surface area contributed by atoms with Crippen molar-refractivity contribution in [2.24, 2.45) is 5.41 Å². The van der Waals surface area contributed by atoms with Crippen LogP contribution in [-0.4, -0.2) is 11.6 Å². The fourth-order valence-electron chi connectivity index (χ4n) is 5.77. The van der Waals surface area contributed by atoms with E-state index in [9.17, 15) is 4.79 Å². The third-order valence-corrected chi connectivity index (χ3v) is 9.17. The number of ether oxygens (including phenoxy) is 1. The Labute approximate surface area is 223 Å². The Morgan fingerprint density at radius 3 is 1.84 bits per heavy atom. The number of hydrogen-bond donors (Lipinski definition) is 1. The number of carbonyl (C=O) groups excluding carboxylic acids is 1. The standard InChI is InChI=1S/C34H43NO2/c1-31(2)22-14-15-23-34(31,7)35-30(36)37-29-21-20-27(32(3,4)25-16-10-8-11-17-25)24-28(29)33(5,6)26-18-12-9-13-19-26/h8-13,16-21,24H,14-15,22-23H2,1-7H3,(H,35,36). The van der Waals surface area contributed by atoms with Crippen molar-refractivity contribution >= 4 is 6.09 Å². The summed E-state index contributed by atoms with van der Waals surface area (Å²) in [7, 11) is 0. The second kappa shape index (κ2) is 10.0. The largest absolute Gasteiger partial charge is 0.413 e. The maximum Gasteiger partial charge on any atom is 0.413 e. The number of benzene rings is 3. The normalized spacial score (nSPS) is 19.8. The number of amides is 1. The lowest BCUT2D eigenvalue weighted by Gasteiger charge is -2.48. The molecular weight excluding hydrogens is 454 g/mol. The van der Waals surface area contributed by atoms with E-state index in [0.717, 1.165) is 24.8 Å². The predicted octanol–water partition coefficient (Wildman–Crippen LogP) is 8.79. The van der Waals surface area contributed by atoms with E-state index in [2.05, 4.69) is 114 Å². The van der Waals surface area contributed by atoms with Crippen LogP contribution in [0.15, 0.2) is 78.9 Å². The van der Waals surface area contributed by atoms with Gasteiger partial charge in [-0.15, -0.1) is 0 Å². The summed E-state index contributed by atoms with van der Waals surface area (Å²) in [5, 5.41) is 3.26. The highest BCUT2D eigenvalue weighted by molar-refractivity contribution is 5.72. The number of nitrogens with one attached hydrogen (secondary N) is 1. The van der Waals surface area contributed by atoms with Gasteiger partial charge >= 0.3 is 6.09 Å². The first kappa shape index (κ1) is 27.0. The summed E-state index contributed by atoms with van der Waals surface area (Å²) in [6, 6.07) is 27.3. The van der Waals surface area contributed by atoms with Gasteiger partial charge in [-0.25, -0.2) is 4.79 Å². The van der Waals surface area contributed by atoms with Crippen molar-refractivity contribution in [3.05, 3.63) is 101 Å². The van der Waals surface area contributed by atoms with E-state index in [-0.39, 0.29) is 27.9 Å². The minimum atomic E-state index is -0.377. The maximum absolute atomic E-state index is 13.4. The van der Waals surface area contributed by atoms with Gasteiger partial charge in [0, 0.05) is 21.9 Å². The summed E-state index contributed by atoms with van der Waals surface area (Å²) in [6.07, 6.45) is 4.00. The zero-order chi connectivity index (χ0) is 26.9. The smallest absolute Gasteiger partial charge is 0.410 e. The Balaban J connectivity index is 1.73.